The highest BCUT2D eigenvalue weighted by Gasteiger charge is 2.05. The molecule has 0 aliphatic rings. The fraction of sp³-hybridized carbons (Fsp3) is 0.273. The molecule has 4 nitrogen and oxygen atoms in total. The van der Waals surface area contributed by atoms with Crippen LogP contribution in [0.4, 0.5) is 0 Å². The molecule has 0 saturated heterocycles. The van der Waals surface area contributed by atoms with Crippen molar-refractivity contribution >= 4 is 10.9 Å². The Bertz CT molecular complexity index is 450. The molecule has 0 aliphatic heterocycles. The third kappa shape index (κ3) is 2.05. The first-order valence-corrected chi connectivity index (χ1v) is 4.73. The zero-order valence-corrected chi connectivity index (χ0v) is 8.49. The smallest absolute Gasteiger partial charge is 0.163 e. The molecule has 2 aromatic rings. The summed E-state index contributed by atoms with van der Waals surface area (Å²) < 4.78 is 10.2. The van der Waals surface area contributed by atoms with Crippen LogP contribution in [0.3, 0.4) is 0 Å². The van der Waals surface area contributed by atoms with E-state index in [2.05, 4.69) is 4.98 Å². The van der Waals surface area contributed by atoms with Gasteiger partial charge in [0.1, 0.15) is 6.61 Å². The molecule has 0 amide bonds. The lowest BCUT2D eigenvalue weighted by Crippen LogP contribution is -2.04. The van der Waals surface area contributed by atoms with Crippen LogP contribution in [0.1, 0.15) is 0 Å². The molecule has 1 aromatic heterocycles. The second kappa shape index (κ2) is 4.23. The van der Waals surface area contributed by atoms with Crippen LogP contribution in [0.25, 0.3) is 10.9 Å². The maximum Gasteiger partial charge on any atom is 0.163 e. The largest absolute Gasteiger partial charge is 0.504 e. The summed E-state index contributed by atoms with van der Waals surface area (Å²) in [6, 6.07) is 5.35. The van der Waals surface area contributed by atoms with Gasteiger partial charge in [-0.15, -0.1) is 0 Å². The minimum absolute atomic E-state index is 0.151. The maximum atomic E-state index is 9.65. The van der Waals surface area contributed by atoms with Crippen LogP contribution in [-0.4, -0.2) is 30.4 Å². The molecule has 80 valence electrons. The minimum atomic E-state index is 0.151. The summed E-state index contributed by atoms with van der Waals surface area (Å²) in [6.07, 6.45) is 1.82. The number of hydrogen-bond acceptors (Lipinski definition) is 3. The molecular weight excluding hydrogens is 194 g/mol. The quantitative estimate of drug-likeness (QED) is 0.753. The van der Waals surface area contributed by atoms with Gasteiger partial charge in [0.25, 0.3) is 0 Å². The Morgan fingerprint density at radius 1 is 1.33 bits per heavy atom. The van der Waals surface area contributed by atoms with Gasteiger partial charge in [-0.25, -0.2) is 0 Å². The monoisotopic (exact) mass is 207 g/mol. The standard InChI is InChI=1S/C11H13NO3/c1-14-4-5-15-11-7-9-8(2-3-12-9)6-10(11)13/h2-3,6-7,12-13H,4-5H2,1H3. The molecule has 0 atom stereocenters. The number of nitrogens with one attached hydrogen (secondary N) is 1. The average molecular weight is 207 g/mol. The highest BCUT2D eigenvalue weighted by molar-refractivity contribution is 5.83. The summed E-state index contributed by atoms with van der Waals surface area (Å²) in [4.78, 5) is 3.06. The molecule has 2 N–H and O–H groups in total. The molecule has 1 heterocycles. The van der Waals surface area contributed by atoms with Crippen molar-refractivity contribution in [2.24, 2.45) is 0 Å². The zero-order valence-electron chi connectivity index (χ0n) is 8.49. The highest BCUT2D eigenvalue weighted by atomic mass is 16.5. The van der Waals surface area contributed by atoms with E-state index in [0.717, 1.165) is 10.9 Å². The van der Waals surface area contributed by atoms with Crippen LogP contribution in [-0.2, 0) is 4.74 Å². The lowest BCUT2D eigenvalue weighted by Gasteiger charge is -2.07. The zero-order chi connectivity index (χ0) is 10.7. The molecule has 0 radical (unpaired) electrons. The number of hydrogen-bond donors (Lipinski definition) is 2. The van der Waals surface area contributed by atoms with Gasteiger partial charge in [-0.2, -0.15) is 0 Å². The lowest BCUT2D eigenvalue weighted by molar-refractivity contribution is 0.144. The Hall–Kier alpha value is -1.68. The van der Waals surface area contributed by atoms with E-state index < -0.39 is 0 Å². The number of H-pyrrole nitrogens is 1. The van der Waals surface area contributed by atoms with Crippen LogP contribution >= 0.6 is 0 Å². The Labute approximate surface area is 87.4 Å². The topological polar surface area (TPSA) is 54.5 Å². The van der Waals surface area contributed by atoms with Crippen molar-refractivity contribution in [1.82, 2.24) is 4.98 Å². The first-order chi connectivity index (χ1) is 7.31. The average Bonchev–Trinajstić information content (AvgIpc) is 2.65. The Morgan fingerprint density at radius 3 is 3.00 bits per heavy atom. The molecule has 0 bridgehead atoms. The molecule has 0 aliphatic carbocycles. The number of benzene rings is 1. The Kier molecular flexibility index (Phi) is 2.78. The van der Waals surface area contributed by atoms with Crippen LogP contribution in [0, 0.1) is 0 Å². The van der Waals surface area contributed by atoms with Gasteiger partial charge in [0.05, 0.1) is 6.61 Å². The molecule has 15 heavy (non-hydrogen) atoms. The summed E-state index contributed by atoms with van der Waals surface area (Å²) in [7, 11) is 1.61. The van der Waals surface area contributed by atoms with Gasteiger partial charge < -0.3 is 19.6 Å². The van der Waals surface area contributed by atoms with Crippen molar-refractivity contribution in [3.8, 4) is 11.5 Å². The van der Waals surface area contributed by atoms with Crippen molar-refractivity contribution in [1.29, 1.82) is 0 Å². The normalized spacial score (nSPS) is 10.7. The number of phenols is 1. The second-order valence-corrected chi connectivity index (χ2v) is 3.23. The lowest BCUT2D eigenvalue weighted by atomic mass is 10.2. The molecule has 0 unspecified atom stereocenters. The summed E-state index contributed by atoms with van der Waals surface area (Å²) in [5.74, 6) is 0.625. The molecule has 0 fully saturated rings. The fourth-order valence-electron chi connectivity index (χ4n) is 1.42. The molecule has 2 rings (SSSR count). The van der Waals surface area contributed by atoms with Crippen molar-refractivity contribution in [3.05, 3.63) is 24.4 Å². The van der Waals surface area contributed by atoms with Crippen LogP contribution in [0.2, 0.25) is 0 Å². The third-order valence-corrected chi connectivity index (χ3v) is 2.18. The van der Waals surface area contributed by atoms with Crippen molar-refractivity contribution in [3.63, 3.8) is 0 Å². The number of aromatic nitrogens is 1. The second-order valence-electron chi connectivity index (χ2n) is 3.23. The first-order valence-electron chi connectivity index (χ1n) is 4.73. The Morgan fingerprint density at radius 2 is 2.20 bits per heavy atom. The number of ether oxygens (including phenoxy) is 2. The van der Waals surface area contributed by atoms with Gasteiger partial charge in [0.2, 0.25) is 0 Å². The first kappa shape index (κ1) is 9.86. The molecule has 0 saturated carbocycles. The molecular formula is C11H13NO3. The number of phenolic OH excluding ortho intramolecular Hbond substituents is 1. The third-order valence-electron chi connectivity index (χ3n) is 2.18. The molecule has 0 spiro atoms. The van der Waals surface area contributed by atoms with Crippen molar-refractivity contribution in [2.75, 3.05) is 20.3 Å². The van der Waals surface area contributed by atoms with Gasteiger partial charge in [-0.3, -0.25) is 0 Å². The summed E-state index contributed by atoms with van der Waals surface area (Å²) in [5, 5.41) is 10.6. The van der Waals surface area contributed by atoms with Gasteiger partial charge >= 0.3 is 0 Å². The van der Waals surface area contributed by atoms with Crippen LogP contribution < -0.4 is 4.74 Å². The van der Waals surface area contributed by atoms with Crippen molar-refractivity contribution in [2.45, 2.75) is 0 Å². The number of methoxy groups -OCH3 is 1. The maximum absolute atomic E-state index is 9.65. The van der Waals surface area contributed by atoms with E-state index in [1.807, 2.05) is 12.3 Å². The number of aromatic amines is 1. The minimum Gasteiger partial charge on any atom is -0.504 e. The van der Waals surface area contributed by atoms with E-state index >= 15 is 0 Å². The summed E-state index contributed by atoms with van der Waals surface area (Å²) in [6.45, 7) is 0.929. The van der Waals surface area contributed by atoms with Gasteiger partial charge in [0.15, 0.2) is 11.5 Å². The number of aromatic hydroxyl groups is 1. The predicted octanol–water partition coefficient (Wildman–Crippen LogP) is 1.90. The Balaban J connectivity index is 2.22. The van der Waals surface area contributed by atoms with Gasteiger partial charge in [-0.05, 0) is 12.1 Å². The van der Waals surface area contributed by atoms with Crippen LogP contribution in [0.5, 0.6) is 11.5 Å². The van der Waals surface area contributed by atoms with E-state index in [0.29, 0.717) is 19.0 Å². The summed E-state index contributed by atoms with van der Waals surface area (Å²) >= 11 is 0. The van der Waals surface area contributed by atoms with E-state index in [1.165, 1.54) is 0 Å². The van der Waals surface area contributed by atoms with Crippen LogP contribution in [0.15, 0.2) is 24.4 Å². The van der Waals surface area contributed by atoms with Gasteiger partial charge in [0, 0.05) is 30.3 Å². The number of fused-ring (bicyclic) bond motifs is 1. The van der Waals surface area contributed by atoms with Gasteiger partial charge in [-0.1, -0.05) is 0 Å². The molecule has 4 heteroatoms. The number of rotatable bonds is 4. The predicted molar refractivity (Wildman–Crippen MR) is 57.3 cm³/mol. The van der Waals surface area contributed by atoms with E-state index in [1.54, 1.807) is 19.2 Å². The van der Waals surface area contributed by atoms with E-state index in [-0.39, 0.29) is 5.75 Å². The fourth-order valence-corrected chi connectivity index (χ4v) is 1.42. The molecule has 1 aromatic carbocycles. The van der Waals surface area contributed by atoms with Crippen molar-refractivity contribution < 1.29 is 14.6 Å². The highest BCUT2D eigenvalue weighted by Crippen LogP contribution is 2.30. The van der Waals surface area contributed by atoms with E-state index in [4.69, 9.17) is 9.47 Å². The SMILES string of the molecule is COCCOc1cc2[nH]ccc2cc1O. The van der Waals surface area contributed by atoms with E-state index in [9.17, 15) is 5.11 Å². The summed E-state index contributed by atoms with van der Waals surface area (Å²) in [5.41, 5.74) is 0.945.